The second-order valence-corrected chi connectivity index (χ2v) is 4.11. The van der Waals surface area contributed by atoms with Gasteiger partial charge in [-0.2, -0.15) is 0 Å². The van der Waals surface area contributed by atoms with E-state index in [-0.39, 0.29) is 0 Å². The molecular weight excluding hydrogens is 159 g/mol. The molecule has 1 aliphatic heterocycles. The lowest BCUT2D eigenvalue weighted by Crippen LogP contribution is -2.23. The van der Waals surface area contributed by atoms with Gasteiger partial charge in [0, 0.05) is 19.3 Å². The maximum atomic E-state index is 5.58. The number of anilines is 1. The molecule has 1 saturated heterocycles. The first-order chi connectivity index (χ1) is 6.33. The minimum atomic E-state index is 0.744. The number of nitrogens with zero attached hydrogens (tertiary/aromatic N) is 2. The summed E-state index contributed by atoms with van der Waals surface area (Å²) in [5.74, 6) is 3.00. The molecule has 0 amide bonds. The van der Waals surface area contributed by atoms with E-state index >= 15 is 0 Å². The first-order valence-electron chi connectivity index (χ1n) is 4.79. The van der Waals surface area contributed by atoms with Crippen LogP contribution in [0.2, 0.25) is 0 Å². The molecule has 0 bridgehead atoms. The fourth-order valence-electron chi connectivity index (χ4n) is 2.17. The summed E-state index contributed by atoms with van der Waals surface area (Å²) in [6.07, 6.45) is 3.17. The van der Waals surface area contributed by atoms with Crippen molar-refractivity contribution in [1.82, 2.24) is 4.98 Å². The minimum absolute atomic E-state index is 0.744. The smallest absolute Gasteiger partial charge is 0.128 e. The molecule has 1 aromatic rings. The lowest BCUT2D eigenvalue weighted by atomic mass is 9.99. The summed E-state index contributed by atoms with van der Waals surface area (Å²) < 4.78 is 0. The van der Waals surface area contributed by atoms with Crippen molar-refractivity contribution < 1.29 is 0 Å². The number of hydrogen-bond donors (Lipinski definition) is 0. The number of aromatic nitrogens is 1. The highest BCUT2D eigenvalue weighted by Gasteiger charge is 2.45. The van der Waals surface area contributed by atoms with Gasteiger partial charge in [0.15, 0.2) is 0 Å². The van der Waals surface area contributed by atoms with Gasteiger partial charge in [-0.25, -0.2) is 4.98 Å². The quantitative estimate of drug-likeness (QED) is 0.564. The molecule has 0 aromatic carbocycles. The Morgan fingerprint density at radius 3 is 2.69 bits per heavy atom. The largest absolute Gasteiger partial charge is 0.356 e. The van der Waals surface area contributed by atoms with Gasteiger partial charge in [0.2, 0.25) is 0 Å². The lowest BCUT2D eigenvalue weighted by Gasteiger charge is -2.18. The van der Waals surface area contributed by atoms with Gasteiger partial charge in [0.05, 0.1) is 0 Å². The SMILES string of the molecule is [B]c1ccc(N2CC3CC3C2)nc1. The Labute approximate surface area is 79.4 Å². The third-order valence-electron chi connectivity index (χ3n) is 3.07. The highest BCUT2D eigenvalue weighted by atomic mass is 15.2. The second-order valence-electron chi connectivity index (χ2n) is 4.11. The van der Waals surface area contributed by atoms with E-state index in [1.165, 1.54) is 19.5 Å². The van der Waals surface area contributed by atoms with Crippen molar-refractivity contribution in [3.63, 3.8) is 0 Å². The lowest BCUT2D eigenvalue weighted by molar-refractivity contribution is 0.806. The van der Waals surface area contributed by atoms with Gasteiger partial charge in [0.1, 0.15) is 13.7 Å². The highest BCUT2D eigenvalue weighted by Crippen LogP contribution is 2.45. The third-order valence-corrected chi connectivity index (χ3v) is 3.07. The van der Waals surface area contributed by atoms with Crippen LogP contribution in [0.3, 0.4) is 0 Å². The Hall–Kier alpha value is -0.985. The number of hydrogen-bond acceptors (Lipinski definition) is 2. The van der Waals surface area contributed by atoms with Crippen molar-refractivity contribution in [1.29, 1.82) is 0 Å². The van der Waals surface area contributed by atoms with Crippen molar-refractivity contribution >= 4 is 19.1 Å². The van der Waals surface area contributed by atoms with Crippen LogP contribution in [0.15, 0.2) is 18.3 Å². The molecule has 2 radical (unpaired) electrons. The van der Waals surface area contributed by atoms with Crippen molar-refractivity contribution in [2.24, 2.45) is 11.8 Å². The Bertz CT molecular complexity index is 312. The molecule has 0 N–H and O–H groups in total. The summed E-state index contributed by atoms with van der Waals surface area (Å²) in [7, 11) is 5.58. The molecule has 1 aromatic heterocycles. The van der Waals surface area contributed by atoms with Crippen molar-refractivity contribution in [2.45, 2.75) is 6.42 Å². The molecular formula is C10H11BN2. The van der Waals surface area contributed by atoms with Crippen LogP contribution < -0.4 is 10.4 Å². The van der Waals surface area contributed by atoms with Gasteiger partial charge in [-0.3, -0.25) is 0 Å². The summed E-state index contributed by atoms with van der Waals surface area (Å²) in [6.45, 7) is 2.39. The standard InChI is InChI=1S/C10H11BN2/c11-9-1-2-10(12-4-9)13-5-7-3-8(7)6-13/h1-2,4,7-8H,3,5-6H2. The van der Waals surface area contributed by atoms with E-state index in [1.807, 2.05) is 12.1 Å². The number of piperidine rings is 1. The maximum Gasteiger partial charge on any atom is 0.128 e. The number of rotatable bonds is 1. The first kappa shape index (κ1) is 7.42. The van der Waals surface area contributed by atoms with Gasteiger partial charge in [-0.05, 0) is 24.3 Å². The molecule has 2 nitrogen and oxygen atoms in total. The molecule has 0 spiro atoms. The third kappa shape index (κ3) is 1.23. The average Bonchev–Trinajstić information content (AvgIpc) is 2.75. The van der Waals surface area contributed by atoms with Crippen LogP contribution in [0.5, 0.6) is 0 Å². The molecule has 1 saturated carbocycles. The molecule has 1 aliphatic carbocycles. The van der Waals surface area contributed by atoms with Crippen molar-refractivity contribution in [3.05, 3.63) is 18.3 Å². The Morgan fingerprint density at radius 2 is 2.08 bits per heavy atom. The normalized spacial score (nSPS) is 30.3. The Morgan fingerprint density at radius 1 is 1.31 bits per heavy atom. The van der Waals surface area contributed by atoms with Crippen LogP contribution in [-0.4, -0.2) is 25.9 Å². The van der Waals surface area contributed by atoms with Crippen LogP contribution in [0.1, 0.15) is 6.42 Å². The molecule has 2 atom stereocenters. The zero-order valence-electron chi connectivity index (χ0n) is 7.48. The van der Waals surface area contributed by atoms with Crippen molar-refractivity contribution in [2.75, 3.05) is 18.0 Å². The molecule has 13 heavy (non-hydrogen) atoms. The van der Waals surface area contributed by atoms with Crippen LogP contribution >= 0.6 is 0 Å². The van der Waals surface area contributed by atoms with Crippen LogP contribution in [0.4, 0.5) is 5.82 Å². The van der Waals surface area contributed by atoms with E-state index in [4.69, 9.17) is 7.85 Å². The van der Waals surface area contributed by atoms with E-state index in [2.05, 4.69) is 9.88 Å². The summed E-state index contributed by atoms with van der Waals surface area (Å²) in [5.41, 5.74) is 0.744. The van der Waals surface area contributed by atoms with Gasteiger partial charge < -0.3 is 4.90 Å². The zero-order chi connectivity index (χ0) is 8.84. The van der Waals surface area contributed by atoms with E-state index in [1.54, 1.807) is 6.20 Å². The highest BCUT2D eigenvalue weighted by molar-refractivity contribution is 6.32. The number of fused-ring (bicyclic) bond motifs is 1. The van der Waals surface area contributed by atoms with E-state index in [0.717, 1.165) is 23.1 Å². The molecule has 2 fully saturated rings. The van der Waals surface area contributed by atoms with Gasteiger partial charge in [-0.15, -0.1) is 0 Å². The van der Waals surface area contributed by atoms with Gasteiger partial charge in [-0.1, -0.05) is 11.5 Å². The van der Waals surface area contributed by atoms with Crippen LogP contribution in [0, 0.1) is 11.8 Å². The maximum absolute atomic E-state index is 5.58. The molecule has 3 heteroatoms. The van der Waals surface area contributed by atoms with E-state index in [0.29, 0.717) is 0 Å². The van der Waals surface area contributed by atoms with Crippen molar-refractivity contribution in [3.8, 4) is 0 Å². The van der Waals surface area contributed by atoms with Crippen LogP contribution in [-0.2, 0) is 0 Å². The molecule has 3 rings (SSSR count). The molecule has 2 heterocycles. The fraction of sp³-hybridized carbons (Fsp3) is 0.500. The predicted molar refractivity (Wildman–Crippen MR) is 53.4 cm³/mol. The monoisotopic (exact) mass is 170 g/mol. The summed E-state index contributed by atoms with van der Waals surface area (Å²) in [4.78, 5) is 6.68. The molecule has 2 unspecified atom stereocenters. The summed E-state index contributed by atoms with van der Waals surface area (Å²) in [6, 6.07) is 3.94. The summed E-state index contributed by atoms with van der Waals surface area (Å²) in [5, 5.41) is 0. The fourth-order valence-corrected chi connectivity index (χ4v) is 2.17. The van der Waals surface area contributed by atoms with E-state index in [9.17, 15) is 0 Å². The zero-order valence-corrected chi connectivity index (χ0v) is 7.48. The second kappa shape index (κ2) is 2.50. The predicted octanol–water partition coefficient (Wildman–Crippen LogP) is 0.331. The topological polar surface area (TPSA) is 16.1 Å². The molecule has 2 aliphatic rings. The van der Waals surface area contributed by atoms with E-state index < -0.39 is 0 Å². The van der Waals surface area contributed by atoms with Gasteiger partial charge in [0.25, 0.3) is 0 Å². The van der Waals surface area contributed by atoms with Gasteiger partial charge >= 0.3 is 0 Å². The minimum Gasteiger partial charge on any atom is -0.356 e. The molecule has 64 valence electrons. The summed E-state index contributed by atoms with van der Waals surface area (Å²) >= 11 is 0. The Kier molecular flexibility index (Phi) is 1.43. The first-order valence-corrected chi connectivity index (χ1v) is 4.79. The average molecular weight is 170 g/mol. The van der Waals surface area contributed by atoms with Crippen LogP contribution in [0.25, 0.3) is 0 Å². The Balaban J connectivity index is 1.81. The number of pyridine rings is 1.